The Morgan fingerprint density at radius 1 is 1.21 bits per heavy atom. The van der Waals surface area contributed by atoms with Crippen LogP contribution in [-0.2, 0) is 0 Å². The molecule has 1 heterocycles. The van der Waals surface area contributed by atoms with E-state index in [0.29, 0.717) is 28.6 Å². The molecule has 6 nitrogen and oxygen atoms in total. The van der Waals surface area contributed by atoms with Crippen molar-refractivity contribution >= 4 is 17.4 Å². The van der Waals surface area contributed by atoms with Gasteiger partial charge in [-0.3, -0.25) is 4.79 Å². The van der Waals surface area contributed by atoms with Crippen LogP contribution in [0, 0.1) is 0 Å². The molecule has 1 aromatic heterocycles. The van der Waals surface area contributed by atoms with Crippen LogP contribution in [0.15, 0.2) is 36.5 Å². The summed E-state index contributed by atoms with van der Waals surface area (Å²) in [7, 11) is 3.19. The first-order chi connectivity index (χ1) is 11.6. The summed E-state index contributed by atoms with van der Waals surface area (Å²) in [6.07, 6.45) is 2.48. The number of rotatable bonds is 7. The first-order valence-electron chi connectivity index (χ1n) is 7.83. The van der Waals surface area contributed by atoms with Crippen LogP contribution < -0.4 is 20.1 Å². The maximum absolute atomic E-state index is 12.2. The van der Waals surface area contributed by atoms with Gasteiger partial charge in [-0.1, -0.05) is 6.92 Å². The minimum absolute atomic E-state index is 0.118. The Hall–Kier alpha value is -2.76. The molecule has 1 aromatic carbocycles. The van der Waals surface area contributed by atoms with E-state index in [9.17, 15) is 4.79 Å². The van der Waals surface area contributed by atoms with Crippen molar-refractivity contribution in [1.82, 2.24) is 10.3 Å². The Morgan fingerprint density at radius 2 is 2.00 bits per heavy atom. The highest BCUT2D eigenvalue weighted by atomic mass is 16.5. The third-order valence-electron chi connectivity index (χ3n) is 3.68. The zero-order chi connectivity index (χ0) is 17.5. The van der Waals surface area contributed by atoms with Gasteiger partial charge in [0.1, 0.15) is 17.3 Å². The van der Waals surface area contributed by atoms with E-state index >= 15 is 0 Å². The molecule has 0 saturated carbocycles. The molecule has 0 aliphatic carbocycles. The predicted molar refractivity (Wildman–Crippen MR) is 94.3 cm³/mol. The standard InChI is InChI=1S/C18H23N3O3/c1-5-12(2)20-18(22)13-8-9-19-17(10-13)21-15-11-14(23-3)6-7-16(15)24-4/h6-12H,5H2,1-4H3,(H,19,21)(H,20,22). The molecule has 0 bridgehead atoms. The fourth-order valence-corrected chi connectivity index (χ4v) is 2.10. The quantitative estimate of drug-likeness (QED) is 0.815. The van der Waals surface area contributed by atoms with Crippen molar-refractivity contribution in [2.45, 2.75) is 26.3 Å². The molecule has 2 rings (SSSR count). The van der Waals surface area contributed by atoms with E-state index in [1.807, 2.05) is 26.0 Å². The predicted octanol–water partition coefficient (Wildman–Crippen LogP) is 3.37. The highest BCUT2D eigenvalue weighted by Gasteiger charge is 2.11. The van der Waals surface area contributed by atoms with E-state index in [2.05, 4.69) is 15.6 Å². The molecule has 1 amide bonds. The Balaban J connectivity index is 2.22. The third kappa shape index (κ3) is 4.38. The van der Waals surface area contributed by atoms with Gasteiger partial charge in [-0.15, -0.1) is 0 Å². The van der Waals surface area contributed by atoms with Gasteiger partial charge >= 0.3 is 0 Å². The maximum atomic E-state index is 12.2. The molecule has 0 radical (unpaired) electrons. The number of anilines is 2. The molecule has 2 N–H and O–H groups in total. The lowest BCUT2D eigenvalue weighted by Crippen LogP contribution is -2.31. The van der Waals surface area contributed by atoms with Crippen molar-refractivity contribution in [3.63, 3.8) is 0 Å². The number of nitrogens with one attached hydrogen (secondary N) is 2. The van der Waals surface area contributed by atoms with E-state index in [1.165, 1.54) is 0 Å². The molecule has 0 aliphatic rings. The molecule has 0 saturated heterocycles. The van der Waals surface area contributed by atoms with Crippen molar-refractivity contribution in [2.75, 3.05) is 19.5 Å². The average Bonchev–Trinajstić information content (AvgIpc) is 2.61. The zero-order valence-electron chi connectivity index (χ0n) is 14.4. The van der Waals surface area contributed by atoms with Gasteiger partial charge in [0.15, 0.2) is 0 Å². The van der Waals surface area contributed by atoms with Gasteiger partial charge in [0, 0.05) is 23.9 Å². The van der Waals surface area contributed by atoms with Crippen LogP contribution in [0.5, 0.6) is 11.5 Å². The number of nitrogens with zero attached hydrogens (tertiary/aromatic N) is 1. The van der Waals surface area contributed by atoms with Crippen molar-refractivity contribution < 1.29 is 14.3 Å². The Kier molecular flexibility index (Phi) is 6.01. The monoisotopic (exact) mass is 329 g/mol. The second-order valence-corrected chi connectivity index (χ2v) is 5.40. The van der Waals surface area contributed by atoms with E-state index in [4.69, 9.17) is 9.47 Å². The number of amides is 1. The number of hydrogen-bond acceptors (Lipinski definition) is 5. The summed E-state index contributed by atoms with van der Waals surface area (Å²) < 4.78 is 10.6. The van der Waals surface area contributed by atoms with Crippen molar-refractivity contribution in [1.29, 1.82) is 0 Å². The minimum Gasteiger partial charge on any atom is -0.497 e. The summed E-state index contributed by atoms with van der Waals surface area (Å²) in [6.45, 7) is 4.00. The van der Waals surface area contributed by atoms with Gasteiger partial charge in [-0.2, -0.15) is 0 Å². The molecule has 2 aromatic rings. The molecular formula is C18H23N3O3. The van der Waals surface area contributed by atoms with Crippen LogP contribution in [0.25, 0.3) is 0 Å². The maximum Gasteiger partial charge on any atom is 0.251 e. The number of aromatic nitrogens is 1. The number of ether oxygens (including phenoxy) is 2. The molecular weight excluding hydrogens is 306 g/mol. The van der Waals surface area contributed by atoms with Gasteiger partial charge in [-0.25, -0.2) is 4.98 Å². The first kappa shape index (κ1) is 17.6. The van der Waals surface area contributed by atoms with Crippen LogP contribution in [0.2, 0.25) is 0 Å². The number of benzene rings is 1. The van der Waals surface area contributed by atoms with Gasteiger partial charge in [0.05, 0.1) is 19.9 Å². The summed E-state index contributed by atoms with van der Waals surface area (Å²) in [6, 6.07) is 8.95. The fourth-order valence-electron chi connectivity index (χ4n) is 2.10. The van der Waals surface area contributed by atoms with Gasteiger partial charge in [0.2, 0.25) is 0 Å². The van der Waals surface area contributed by atoms with Crippen LogP contribution in [0.1, 0.15) is 30.6 Å². The largest absolute Gasteiger partial charge is 0.497 e. The van der Waals surface area contributed by atoms with Gasteiger partial charge < -0.3 is 20.1 Å². The lowest BCUT2D eigenvalue weighted by Gasteiger charge is -2.14. The smallest absolute Gasteiger partial charge is 0.251 e. The normalized spacial score (nSPS) is 11.5. The van der Waals surface area contributed by atoms with E-state index in [-0.39, 0.29) is 11.9 Å². The van der Waals surface area contributed by atoms with E-state index in [1.54, 1.807) is 38.6 Å². The second-order valence-electron chi connectivity index (χ2n) is 5.40. The Labute approximate surface area is 142 Å². The van der Waals surface area contributed by atoms with Crippen molar-refractivity contribution in [2.24, 2.45) is 0 Å². The summed E-state index contributed by atoms with van der Waals surface area (Å²) in [4.78, 5) is 16.5. The number of carbonyl (C=O) groups is 1. The summed E-state index contributed by atoms with van der Waals surface area (Å²) >= 11 is 0. The van der Waals surface area contributed by atoms with Gasteiger partial charge in [0.25, 0.3) is 5.91 Å². The molecule has 24 heavy (non-hydrogen) atoms. The highest BCUT2D eigenvalue weighted by Crippen LogP contribution is 2.31. The topological polar surface area (TPSA) is 72.5 Å². The lowest BCUT2D eigenvalue weighted by molar-refractivity contribution is 0.0939. The number of hydrogen-bond donors (Lipinski definition) is 2. The second kappa shape index (κ2) is 8.19. The minimum atomic E-state index is -0.118. The fraction of sp³-hybridized carbons (Fsp3) is 0.333. The lowest BCUT2D eigenvalue weighted by atomic mass is 10.2. The van der Waals surface area contributed by atoms with E-state index < -0.39 is 0 Å². The molecule has 1 atom stereocenters. The molecule has 0 spiro atoms. The Bertz CT molecular complexity index is 704. The SMILES string of the molecule is CCC(C)NC(=O)c1ccnc(Nc2cc(OC)ccc2OC)c1. The number of methoxy groups -OCH3 is 2. The van der Waals surface area contributed by atoms with Crippen LogP contribution in [0.4, 0.5) is 11.5 Å². The van der Waals surface area contributed by atoms with E-state index in [0.717, 1.165) is 6.42 Å². The highest BCUT2D eigenvalue weighted by molar-refractivity contribution is 5.95. The molecule has 0 aliphatic heterocycles. The summed E-state index contributed by atoms with van der Waals surface area (Å²) in [5.41, 5.74) is 1.26. The molecule has 1 unspecified atom stereocenters. The zero-order valence-corrected chi connectivity index (χ0v) is 14.4. The van der Waals surface area contributed by atoms with Crippen molar-refractivity contribution in [3.05, 3.63) is 42.1 Å². The molecule has 0 fully saturated rings. The van der Waals surface area contributed by atoms with Crippen LogP contribution >= 0.6 is 0 Å². The van der Waals surface area contributed by atoms with Crippen LogP contribution in [-0.4, -0.2) is 31.2 Å². The average molecular weight is 329 g/mol. The molecule has 128 valence electrons. The molecule has 6 heteroatoms. The summed E-state index contributed by atoms with van der Waals surface area (Å²) in [5, 5.41) is 6.10. The first-order valence-corrected chi connectivity index (χ1v) is 7.83. The van der Waals surface area contributed by atoms with Crippen LogP contribution in [0.3, 0.4) is 0 Å². The van der Waals surface area contributed by atoms with Gasteiger partial charge in [-0.05, 0) is 37.6 Å². The number of carbonyl (C=O) groups excluding carboxylic acids is 1. The Morgan fingerprint density at radius 3 is 2.67 bits per heavy atom. The summed E-state index contributed by atoms with van der Waals surface area (Å²) in [5.74, 6) is 1.79. The van der Waals surface area contributed by atoms with Crippen molar-refractivity contribution in [3.8, 4) is 11.5 Å². The third-order valence-corrected chi connectivity index (χ3v) is 3.68. The number of pyridine rings is 1.